The SMILES string of the molecule is N[C@@H](c1cc(Br)cc(OC(F)(F)F)c1)C1CC1. The average molecular weight is 310 g/mol. The highest BCUT2D eigenvalue weighted by Crippen LogP contribution is 2.41. The highest BCUT2D eigenvalue weighted by atomic mass is 79.9. The molecule has 0 amide bonds. The zero-order chi connectivity index (χ0) is 12.6. The second kappa shape index (κ2) is 4.49. The Hall–Kier alpha value is -0.750. The molecule has 0 saturated heterocycles. The number of halogens is 4. The highest BCUT2D eigenvalue weighted by molar-refractivity contribution is 9.10. The van der Waals surface area contributed by atoms with E-state index in [1.807, 2.05) is 0 Å². The van der Waals surface area contributed by atoms with Crippen LogP contribution in [0.5, 0.6) is 5.75 Å². The van der Waals surface area contributed by atoms with E-state index in [1.165, 1.54) is 12.1 Å². The number of benzene rings is 1. The van der Waals surface area contributed by atoms with Gasteiger partial charge in [0.1, 0.15) is 5.75 Å². The zero-order valence-corrected chi connectivity index (χ0v) is 10.4. The summed E-state index contributed by atoms with van der Waals surface area (Å²) in [6, 6.07) is 4.13. The largest absolute Gasteiger partial charge is 0.573 e. The molecule has 94 valence electrons. The van der Waals surface area contributed by atoms with Crippen LogP contribution in [-0.2, 0) is 0 Å². The van der Waals surface area contributed by atoms with E-state index in [-0.39, 0.29) is 11.8 Å². The minimum absolute atomic E-state index is 0.219. The fourth-order valence-electron chi connectivity index (χ4n) is 1.70. The summed E-state index contributed by atoms with van der Waals surface area (Å²) in [7, 11) is 0. The molecule has 0 bridgehead atoms. The first-order chi connectivity index (χ1) is 7.85. The van der Waals surface area contributed by atoms with Crippen molar-refractivity contribution in [1.82, 2.24) is 0 Å². The van der Waals surface area contributed by atoms with Crippen molar-refractivity contribution in [3.05, 3.63) is 28.2 Å². The lowest BCUT2D eigenvalue weighted by Crippen LogP contribution is -2.18. The molecule has 2 N–H and O–H groups in total. The molecule has 1 atom stereocenters. The van der Waals surface area contributed by atoms with E-state index in [0.717, 1.165) is 12.8 Å². The summed E-state index contributed by atoms with van der Waals surface area (Å²) >= 11 is 3.16. The molecule has 1 aliphatic carbocycles. The summed E-state index contributed by atoms with van der Waals surface area (Å²) in [5.41, 5.74) is 6.61. The summed E-state index contributed by atoms with van der Waals surface area (Å²) in [6.07, 6.45) is -2.62. The van der Waals surface area contributed by atoms with Gasteiger partial charge in [-0.05, 0) is 42.5 Å². The maximum Gasteiger partial charge on any atom is 0.573 e. The Morgan fingerprint density at radius 2 is 1.94 bits per heavy atom. The molecule has 0 aliphatic heterocycles. The molecule has 1 aliphatic rings. The number of hydrogen-bond donors (Lipinski definition) is 1. The van der Waals surface area contributed by atoms with Crippen molar-refractivity contribution in [2.75, 3.05) is 0 Å². The van der Waals surface area contributed by atoms with Crippen LogP contribution in [0.25, 0.3) is 0 Å². The number of alkyl halides is 3. The normalized spacial score (nSPS) is 17.9. The van der Waals surface area contributed by atoms with E-state index in [9.17, 15) is 13.2 Å². The third kappa shape index (κ3) is 3.61. The van der Waals surface area contributed by atoms with Gasteiger partial charge in [-0.3, -0.25) is 0 Å². The Morgan fingerprint density at radius 1 is 1.29 bits per heavy atom. The van der Waals surface area contributed by atoms with E-state index >= 15 is 0 Å². The van der Waals surface area contributed by atoms with Crippen molar-refractivity contribution >= 4 is 15.9 Å². The smallest absolute Gasteiger partial charge is 0.406 e. The molecule has 2 nitrogen and oxygen atoms in total. The van der Waals surface area contributed by atoms with Crippen LogP contribution in [0, 0.1) is 5.92 Å². The molecule has 0 heterocycles. The predicted molar refractivity (Wildman–Crippen MR) is 60.5 cm³/mol. The van der Waals surface area contributed by atoms with E-state index < -0.39 is 6.36 Å². The lowest BCUT2D eigenvalue weighted by atomic mass is 10.0. The Kier molecular flexibility index (Phi) is 3.36. The van der Waals surface area contributed by atoms with Crippen molar-refractivity contribution in [2.24, 2.45) is 11.7 Å². The molecule has 0 radical (unpaired) electrons. The van der Waals surface area contributed by atoms with Crippen LogP contribution >= 0.6 is 15.9 Å². The lowest BCUT2D eigenvalue weighted by molar-refractivity contribution is -0.274. The molecular formula is C11H11BrF3NO. The zero-order valence-electron chi connectivity index (χ0n) is 8.80. The predicted octanol–water partition coefficient (Wildman–Crippen LogP) is 3.76. The number of nitrogens with two attached hydrogens (primary N) is 1. The highest BCUT2D eigenvalue weighted by Gasteiger charge is 2.33. The summed E-state index contributed by atoms with van der Waals surface area (Å²) < 4.78 is 40.7. The third-order valence-corrected chi connectivity index (χ3v) is 3.10. The van der Waals surface area contributed by atoms with Crippen LogP contribution in [-0.4, -0.2) is 6.36 Å². The molecule has 0 aromatic heterocycles. The Morgan fingerprint density at radius 3 is 2.47 bits per heavy atom. The van der Waals surface area contributed by atoms with Crippen molar-refractivity contribution < 1.29 is 17.9 Å². The van der Waals surface area contributed by atoms with Gasteiger partial charge in [-0.25, -0.2) is 0 Å². The average Bonchev–Trinajstić information content (AvgIpc) is 2.95. The first kappa shape index (κ1) is 12.7. The van der Waals surface area contributed by atoms with Crippen LogP contribution in [0.3, 0.4) is 0 Å². The van der Waals surface area contributed by atoms with Crippen molar-refractivity contribution in [3.8, 4) is 5.75 Å². The topological polar surface area (TPSA) is 35.2 Å². The van der Waals surface area contributed by atoms with Gasteiger partial charge in [-0.15, -0.1) is 13.2 Å². The van der Waals surface area contributed by atoms with Crippen molar-refractivity contribution in [2.45, 2.75) is 25.2 Å². The van der Waals surface area contributed by atoms with E-state index in [2.05, 4.69) is 20.7 Å². The number of hydrogen-bond acceptors (Lipinski definition) is 2. The van der Waals surface area contributed by atoms with E-state index in [4.69, 9.17) is 5.73 Å². The van der Waals surface area contributed by atoms with Crippen LogP contribution in [0.4, 0.5) is 13.2 Å². The summed E-state index contributed by atoms with van der Waals surface area (Å²) in [4.78, 5) is 0. The van der Waals surface area contributed by atoms with Gasteiger partial charge in [0.25, 0.3) is 0 Å². The second-order valence-electron chi connectivity index (χ2n) is 4.13. The molecule has 6 heteroatoms. The van der Waals surface area contributed by atoms with Crippen LogP contribution in [0.2, 0.25) is 0 Å². The van der Waals surface area contributed by atoms with Gasteiger partial charge in [0.05, 0.1) is 0 Å². The minimum atomic E-state index is -4.68. The Bertz CT molecular complexity index is 418. The van der Waals surface area contributed by atoms with E-state index in [1.54, 1.807) is 6.07 Å². The van der Waals surface area contributed by atoms with Gasteiger partial charge < -0.3 is 10.5 Å². The maximum absolute atomic E-state index is 12.1. The van der Waals surface area contributed by atoms with Gasteiger partial charge in [0.15, 0.2) is 0 Å². The molecule has 2 rings (SSSR count). The minimum Gasteiger partial charge on any atom is -0.406 e. The summed E-state index contributed by atoms with van der Waals surface area (Å²) in [5.74, 6) is 0.140. The summed E-state index contributed by atoms with van der Waals surface area (Å²) in [5, 5.41) is 0. The van der Waals surface area contributed by atoms with Crippen LogP contribution in [0.1, 0.15) is 24.4 Å². The van der Waals surface area contributed by atoms with Crippen LogP contribution in [0.15, 0.2) is 22.7 Å². The monoisotopic (exact) mass is 309 g/mol. The molecular weight excluding hydrogens is 299 g/mol. The summed E-state index contributed by atoms with van der Waals surface area (Å²) in [6.45, 7) is 0. The van der Waals surface area contributed by atoms with Crippen LogP contribution < -0.4 is 10.5 Å². The number of rotatable bonds is 3. The fourth-order valence-corrected chi connectivity index (χ4v) is 2.19. The first-order valence-corrected chi connectivity index (χ1v) is 5.96. The van der Waals surface area contributed by atoms with Gasteiger partial charge >= 0.3 is 6.36 Å². The molecule has 1 aromatic carbocycles. The molecule has 0 unspecified atom stereocenters. The third-order valence-electron chi connectivity index (χ3n) is 2.64. The second-order valence-corrected chi connectivity index (χ2v) is 5.05. The van der Waals surface area contributed by atoms with Crippen molar-refractivity contribution in [1.29, 1.82) is 0 Å². The van der Waals surface area contributed by atoms with Gasteiger partial charge in [-0.2, -0.15) is 0 Å². The molecule has 1 saturated carbocycles. The van der Waals surface area contributed by atoms with Crippen molar-refractivity contribution in [3.63, 3.8) is 0 Å². The lowest BCUT2D eigenvalue weighted by Gasteiger charge is -2.14. The van der Waals surface area contributed by atoms with Gasteiger partial charge in [0, 0.05) is 10.5 Å². The molecule has 17 heavy (non-hydrogen) atoms. The maximum atomic E-state index is 12.1. The Balaban J connectivity index is 2.22. The number of ether oxygens (including phenoxy) is 1. The van der Waals surface area contributed by atoms with E-state index in [0.29, 0.717) is 16.0 Å². The molecule has 1 fully saturated rings. The molecule has 0 spiro atoms. The molecule has 1 aromatic rings. The fraction of sp³-hybridized carbons (Fsp3) is 0.455. The quantitative estimate of drug-likeness (QED) is 0.922. The van der Waals surface area contributed by atoms with Gasteiger partial charge in [-0.1, -0.05) is 15.9 Å². The first-order valence-electron chi connectivity index (χ1n) is 5.17. The standard InChI is InChI=1S/C11H11BrF3NO/c12-8-3-7(10(16)6-1-2-6)4-9(5-8)17-11(13,14)15/h3-6,10H,1-2,16H2/t10-/m1/s1. The Labute approximate surface area is 105 Å². The van der Waals surface area contributed by atoms with Gasteiger partial charge in [0.2, 0.25) is 0 Å².